The number of piperidine rings is 1. The Hall–Kier alpha value is -0.570. The molecule has 3 nitrogen and oxygen atoms in total. The minimum absolute atomic E-state index is 0.131. The van der Waals surface area contributed by atoms with E-state index in [0.29, 0.717) is 5.92 Å². The zero-order chi connectivity index (χ0) is 10.7. The van der Waals surface area contributed by atoms with Gasteiger partial charge in [-0.15, -0.1) is 0 Å². The van der Waals surface area contributed by atoms with Crippen LogP contribution in [0.15, 0.2) is 0 Å². The van der Waals surface area contributed by atoms with Crippen LogP contribution in [-0.4, -0.2) is 29.9 Å². The van der Waals surface area contributed by atoms with E-state index in [9.17, 15) is 4.79 Å². The number of hydrogen-bond donors (Lipinski definition) is 1. The number of likely N-dealkylation sites (tertiary alicyclic amines) is 1. The van der Waals surface area contributed by atoms with Crippen molar-refractivity contribution < 1.29 is 4.79 Å². The highest BCUT2D eigenvalue weighted by molar-refractivity contribution is 5.81. The first kappa shape index (κ1) is 11.5. The molecule has 3 atom stereocenters. The zero-order valence-corrected chi connectivity index (χ0v) is 9.49. The van der Waals surface area contributed by atoms with E-state index in [-0.39, 0.29) is 11.9 Å². The summed E-state index contributed by atoms with van der Waals surface area (Å²) in [7, 11) is 0. The molecule has 0 bridgehead atoms. The first-order valence-electron chi connectivity index (χ1n) is 5.60. The van der Waals surface area contributed by atoms with Gasteiger partial charge in [0.2, 0.25) is 5.91 Å². The standard InChI is InChI=1S/C11H22N2O/c1-4-10(12)11(14)13-6-5-8(2)9(3)7-13/h8-10H,4-7,12H2,1-3H3/t8?,9?,10-/m1/s1. The lowest BCUT2D eigenvalue weighted by Gasteiger charge is -2.36. The second-order valence-corrected chi connectivity index (χ2v) is 4.54. The maximum absolute atomic E-state index is 11.8. The Morgan fingerprint density at radius 3 is 2.64 bits per heavy atom. The molecule has 14 heavy (non-hydrogen) atoms. The van der Waals surface area contributed by atoms with Gasteiger partial charge in [0.1, 0.15) is 0 Å². The lowest BCUT2D eigenvalue weighted by atomic mass is 9.88. The van der Waals surface area contributed by atoms with Crippen molar-refractivity contribution >= 4 is 5.91 Å². The fourth-order valence-corrected chi connectivity index (χ4v) is 1.87. The summed E-state index contributed by atoms with van der Waals surface area (Å²) >= 11 is 0. The van der Waals surface area contributed by atoms with Crippen LogP contribution in [0.4, 0.5) is 0 Å². The topological polar surface area (TPSA) is 46.3 Å². The van der Waals surface area contributed by atoms with Gasteiger partial charge < -0.3 is 10.6 Å². The van der Waals surface area contributed by atoms with Crippen LogP contribution in [0.3, 0.4) is 0 Å². The van der Waals surface area contributed by atoms with Crippen molar-refractivity contribution in [1.29, 1.82) is 0 Å². The van der Waals surface area contributed by atoms with Crippen LogP contribution in [-0.2, 0) is 4.79 Å². The highest BCUT2D eigenvalue weighted by atomic mass is 16.2. The predicted octanol–water partition coefficient (Wildman–Crippen LogP) is 1.23. The van der Waals surface area contributed by atoms with Crippen molar-refractivity contribution in [3.05, 3.63) is 0 Å². The van der Waals surface area contributed by atoms with Crippen molar-refractivity contribution in [2.45, 2.75) is 39.7 Å². The Bertz CT molecular complexity index is 205. The molecule has 2 N–H and O–H groups in total. The molecule has 0 aromatic heterocycles. The molecule has 82 valence electrons. The van der Waals surface area contributed by atoms with Crippen molar-refractivity contribution in [3.63, 3.8) is 0 Å². The fourth-order valence-electron chi connectivity index (χ4n) is 1.87. The van der Waals surface area contributed by atoms with E-state index in [0.717, 1.165) is 31.8 Å². The van der Waals surface area contributed by atoms with Crippen LogP contribution in [0, 0.1) is 11.8 Å². The largest absolute Gasteiger partial charge is 0.341 e. The lowest BCUT2D eigenvalue weighted by molar-refractivity contribution is -0.135. The number of nitrogens with two attached hydrogens (primary N) is 1. The Kier molecular flexibility index (Phi) is 3.93. The SMILES string of the molecule is CC[C@@H](N)C(=O)N1CCC(C)C(C)C1. The monoisotopic (exact) mass is 198 g/mol. The average molecular weight is 198 g/mol. The molecule has 0 radical (unpaired) electrons. The van der Waals surface area contributed by atoms with Gasteiger partial charge in [-0.3, -0.25) is 4.79 Å². The van der Waals surface area contributed by atoms with Gasteiger partial charge in [-0.2, -0.15) is 0 Å². The Morgan fingerprint density at radius 1 is 1.50 bits per heavy atom. The van der Waals surface area contributed by atoms with Crippen LogP contribution >= 0.6 is 0 Å². The van der Waals surface area contributed by atoms with E-state index in [1.807, 2.05) is 11.8 Å². The summed E-state index contributed by atoms with van der Waals surface area (Å²) in [5.41, 5.74) is 5.74. The maximum atomic E-state index is 11.8. The van der Waals surface area contributed by atoms with Gasteiger partial charge >= 0.3 is 0 Å². The number of nitrogens with zero attached hydrogens (tertiary/aromatic N) is 1. The summed E-state index contributed by atoms with van der Waals surface area (Å²) in [5, 5.41) is 0. The highest BCUT2D eigenvalue weighted by Crippen LogP contribution is 2.22. The molecule has 1 saturated heterocycles. The number of amides is 1. The number of hydrogen-bond acceptors (Lipinski definition) is 2. The molecule has 3 heteroatoms. The van der Waals surface area contributed by atoms with Gasteiger partial charge in [-0.1, -0.05) is 20.8 Å². The van der Waals surface area contributed by atoms with E-state index >= 15 is 0 Å². The molecule has 0 aliphatic carbocycles. The van der Waals surface area contributed by atoms with Gasteiger partial charge in [-0.25, -0.2) is 0 Å². The van der Waals surface area contributed by atoms with E-state index in [2.05, 4.69) is 13.8 Å². The minimum atomic E-state index is -0.296. The van der Waals surface area contributed by atoms with Crippen LogP contribution in [0.1, 0.15) is 33.6 Å². The van der Waals surface area contributed by atoms with Crippen LogP contribution in [0.2, 0.25) is 0 Å². The third kappa shape index (κ3) is 2.47. The number of carbonyl (C=O) groups excluding carboxylic acids is 1. The third-order valence-electron chi connectivity index (χ3n) is 3.40. The van der Waals surface area contributed by atoms with Gasteiger partial charge in [-0.05, 0) is 24.7 Å². The molecule has 1 aliphatic heterocycles. The summed E-state index contributed by atoms with van der Waals surface area (Å²) in [4.78, 5) is 13.7. The van der Waals surface area contributed by atoms with Crippen LogP contribution in [0.5, 0.6) is 0 Å². The van der Waals surface area contributed by atoms with E-state index in [1.54, 1.807) is 0 Å². The first-order chi connectivity index (χ1) is 6.56. The summed E-state index contributed by atoms with van der Waals surface area (Å²) in [5.74, 6) is 1.47. The first-order valence-corrected chi connectivity index (χ1v) is 5.60. The van der Waals surface area contributed by atoms with Crippen molar-refractivity contribution in [3.8, 4) is 0 Å². The molecule has 0 aromatic carbocycles. The second kappa shape index (κ2) is 4.78. The molecule has 2 unspecified atom stereocenters. The second-order valence-electron chi connectivity index (χ2n) is 4.54. The molecule has 0 aromatic rings. The van der Waals surface area contributed by atoms with E-state index < -0.39 is 0 Å². The quantitative estimate of drug-likeness (QED) is 0.725. The van der Waals surface area contributed by atoms with Gasteiger partial charge in [0.05, 0.1) is 6.04 Å². The smallest absolute Gasteiger partial charge is 0.239 e. The number of rotatable bonds is 2. The zero-order valence-electron chi connectivity index (χ0n) is 9.49. The Morgan fingerprint density at radius 2 is 2.14 bits per heavy atom. The molecule has 1 amide bonds. The predicted molar refractivity (Wildman–Crippen MR) is 57.8 cm³/mol. The van der Waals surface area contributed by atoms with E-state index in [4.69, 9.17) is 5.73 Å². The molecule has 0 spiro atoms. The Labute approximate surface area is 86.6 Å². The molecular formula is C11H22N2O. The van der Waals surface area contributed by atoms with Gasteiger partial charge in [0, 0.05) is 13.1 Å². The molecule has 0 saturated carbocycles. The highest BCUT2D eigenvalue weighted by Gasteiger charge is 2.27. The summed E-state index contributed by atoms with van der Waals surface area (Å²) in [6.45, 7) is 8.19. The third-order valence-corrected chi connectivity index (χ3v) is 3.40. The molecule has 1 rings (SSSR count). The van der Waals surface area contributed by atoms with Crippen LogP contribution < -0.4 is 5.73 Å². The Balaban J connectivity index is 2.50. The fraction of sp³-hybridized carbons (Fsp3) is 0.909. The molecular weight excluding hydrogens is 176 g/mol. The normalized spacial score (nSPS) is 30.1. The average Bonchev–Trinajstić information content (AvgIpc) is 2.20. The molecule has 1 heterocycles. The van der Waals surface area contributed by atoms with Gasteiger partial charge in [0.25, 0.3) is 0 Å². The molecule has 1 fully saturated rings. The summed E-state index contributed by atoms with van der Waals surface area (Å²) in [6.07, 6.45) is 1.85. The van der Waals surface area contributed by atoms with Crippen molar-refractivity contribution in [2.24, 2.45) is 17.6 Å². The summed E-state index contributed by atoms with van der Waals surface area (Å²) in [6, 6.07) is -0.296. The minimum Gasteiger partial charge on any atom is -0.341 e. The maximum Gasteiger partial charge on any atom is 0.239 e. The van der Waals surface area contributed by atoms with Gasteiger partial charge in [0.15, 0.2) is 0 Å². The lowest BCUT2D eigenvalue weighted by Crippen LogP contribution is -2.49. The van der Waals surface area contributed by atoms with Crippen molar-refractivity contribution in [2.75, 3.05) is 13.1 Å². The summed E-state index contributed by atoms with van der Waals surface area (Å²) < 4.78 is 0. The molecule has 1 aliphatic rings. The van der Waals surface area contributed by atoms with E-state index in [1.165, 1.54) is 0 Å². The van der Waals surface area contributed by atoms with Crippen molar-refractivity contribution in [1.82, 2.24) is 4.90 Å². The number of carbonyl (C=O) groups is 1. The van der Waals surface area contributed by atoms with Crippen LogP contribution in [0.25, 0.3) is 0 Å².